The highest BCUT2D eigenvalue weighted by molar-refractivity contribution is 5.30. The molecular weight excluding hydrogens is 240 g/mol. The first-order valence-corrected chi connectivity index (χ1v) is 6.60. The molecule has 0 spiro atoms. The maximum atomic E-state index is 9.67. The van der Waals surface area contributed by atoms with Gasteiger partial charge in [-0.05, 0) is 24.1 Å². The van der Waals surface area contributed by atoms with Crippen LogP contribution in [0, 0.1) is 0 Å². The average molecular weight is 258 g/mol. The Bertz CT molecular complexity index is 577. The predicted molar refractivity (Wildman–Crippen MR) is 72.4 cm³/mol. The molecule has 2 heterocycles. The van der Waals surface area contributed by atoms with E-state index in [9.17, 15) is 5.11 Å². The Hall–Kier alpha value is -1.81. The zero-order valence-corrected chi connectivity index (χ0v) is 11.0. The van der Waals surface area contributed by atoms with Crippen LogP contribution in [0.15, 0.2) is 30.5 Å². The van der Waals surface area contributed by atoms with Crippen LogP contribution < -0.4 is 4.74 Å². The predicted octanol–water partition coefficient (Wildman–Crippen LogP) is 1.79. The highest BCUT2D eigenvalue weighted by Crippen LogP contribution is 2.20. The summed E-state index contributed by atoms with van der Waals surface area (Å²) < 4.78 is 7.47. The Morgan fingerprint density at radius 2 is 2.37 bits per heavy atom. The third-order valence-corrected chi connectivity index (χ3v) is 3.65. The highest BCUT2D eigenvalue weighted by atomic mass is 16.5. The standard InChI is InChI=1S/C15H18N2O2/c1-19-14-4-2-3-11(7-14)8-15-16-10-12-9-13(18)5-6-17(12)15/h2-4,7,10,13,18H,5-6,8-9H2,1H3. The van der Waals surface area contributed by atoms with Crippen molar-refractivity contribution in [2.75, 3.05) is 7.11 Å². The summed E-state index contributed by atoms with van der Waals surface area (Å²) in [6.45, 7) is 0.857. The summed E-state index contributed by atoms with van der Waals surface area (Å²) in [7, 11) is 1.68. The molecule has 1 aromatic heterocycles. The number of rotatable bonds is 3. The van der Waals surface area contributed by atoms with Crippen molar-refractivity contribution in [3.05, 3.63) is 47.5 Å². The largest absolute Gasteiger partial charge is 0.497 e. The molecule has 1 atom stereocenters. The lowest BCUT2D eigenvalue weighted by Gasteiger charge is -2.21. The summed E-state index contributed by atoms with van der Waals surface area (Å²) in [5.41, 5.74) is 2.33. The number of methoxy groups -OCH3 is 1. The van der Waals surface area contributed by atoms with E-state index in [1.165, 1.54) is 5.56 Å². The van der Waals surface area contributed by atoms with Gasteiger partial charge in [-0.2, -0.15) is 0 Å². The van der Waals surface area contributed by atoms with Crippen molar-refractivity contribution in [2.24, 2.45) is 0 Å². The smallest absolute Gasteiger partial charge is 0.119 e. The van der Waals surface area contributed by atoms with Crippen molar-refractivity contribution in [1.29, 1.82) is 0 Å². The van der Waals surface area contributed by atoms with Gasteiger partial charge >= 0.3 is 0 Å². The van der Waals surface area contributed by atoms with Crippen LogP contribution >= 0.6 is 0 Å². The molecule has 4 nitrogen and oxygen atoms in total. The minimum atomic E-state index is -0.214. The molecule has 1 aromatic carbocycles. The molecule has 0 saturated carbocycles. The summed E-state index contributed by atoms with van der Waals surface area (Å²) in [5, 5.41) is 9.67. The quantitative estimate of drug-likeness (QED) is 0.913. The second kappa shape index (κ2) is 5.05. The molecule has 4 heteroatoms. The summed E-state index contributed by atoms with van der Waals surface area (Å²) in [5.74, 6) is 1.94. The van der Waals surface area contributed by atoms with Gasteiger partial charge in [-0.1, -0.05) is 12.1 Å². The minimum absolute atomic E-state index is 0.214. The molecule has 0 radical (unpaired) electrons. The van der Waals surface area contributed by atoms with Crippen LogP contribution in [0.2, 0.25) is 0 Å². The minimum Gasteiger partial charge on any atom is -0.497 e. The fraction of sp³-hybridized carbons (Fsp3) is 0.400. The molecule has 0 fully saturated rings. The molecule has 3 rings (SSSR count). The number of aliphatic hydroxyl groups excluding tert-OH is 1. The van der Waals surface area contributed by atoms with E-state index < -0.39 is 0 Å². The van der Waals surface area contributed by atoms with Crippen LogP contribution in [-0.2, 0) is 19.4 Å². The zero-order chi connectivity index (χ0) is 13.2. The lowest BCUT2D eigenvalue weighted by Crippen LogP contribution is -2.23. The number of aliphatic hydroxyl groups is 1. The molecule has 100 valence electrons. The molecule has 0 aliphatic carbocycles. The van der Waals surface area contributed by atoms with E-state index in [4.69, 9.17) is 4.74 Å². The van der Waals surface area contributed by atoms with E-state index in [0.29, 0.717) is 6.42 Å². The Balaban J connectivity index is 1.84. The van der Waals surface area contributed by atoms with Gasteiger partial charge in [-0.3, -0.25) is 0 Å². The van der Waals surface area contributed by atoms with Crippen molar-refractivity contribution in [3.63, 3.8) is 0 Å². The second-order valence-corrected chi connectivity index (χ2v) is 4.99. The molecule has 1 aliphatic heterocycles. The number of aromatic nitrogens is 2. The Morgan fingerprint density at radius 3 is 3.21 bits per heavy atom. The van der Waals surface area contributed by atoms with Crippen LogP contribution in [-0.4, -0.2) is 27.9 Å². The average Bonchev–Trinajstić information content (AvgIpc) is 2.81. The van der Waals surface area contributed by atoms with Gasteiger partial charge in [0.15, 0.2) is 0 Å². The number of hydrogen-bond acceptors (Lipinski definition) is 3. The Kier molecular flexibility index (Phi) is 3.25. The molecule has 1 aliphatic rings. The third-order valence-electron chi connectivity index (χ3n) is 3.65. The highest BCUT2D eigenvalue weighted by Gasteiger charge is 2.19. The van der Waals surface area contributed by atoms with E-state index >= 15 is 0 Å². The van der Waals surface area contributed by atoms with Crippen molar-refractivity contribution in [3.8, 4) is 5.75 Å². The normalized spacial score (nSPS) is 18.1. The van der Waals surface area contributed by atoms with Gasteiger partial charge < -0.3 is 14.4 Å². The maximum Gasteiger partial charge on any atom is 0.119 e. The van der Waals surface area contributed by atoms with E-state index in [1.807, 2.05) is 24.4 Å². The fourth-order valence-corrected chi connectivity index (χ4v) is 2.62. The molecule has 1 N–H and O–H groups in total. The van der Waals surface area contributed by atoms with Crippen molar-refractivity contribution in [1.82, 2.24) is 9.55 Å². The topological polar surface area (TPSA) is 47.3 Å². The third kappa shape index (κ3) is 2.49. The monoisotopic (exact) mass is 258 g/mol. The molecule has 0 bridgehead atoms. The van der Waals surface area contributed by atoms with Gasteiger partial charge in [-0.25, -0.2) is 4.98 Å². The van der Waals surface area contributed by atoms with Gasteiger partial charge in [0.05, 0.1) is 13.2 Å². The first-order valence-electron chi connectivity index (χ1n) is 6.60. The van der Waals surface area contributed by atoms with Crippen LogP contribution in [0.1, 0.15) is 23.5 Å². The van der Waals surface area contributed by atoms with Crippen molar-refractivity contribution < 1.29 is 9.84 Å². The van der Waals surface area contributed by atoms with Gasteiger partial charge in [0.2, 0.25) is 0 Å². The Morgan fingerprint density at radius 1 is 1.47 bits per heavy atom. The van der Waals surface area contributed by atoms with Crippen molar-refractivity contribution in [2.45, 2.75) is 31.9 Å². The van der Waals surface area contributed by atoms with Crippen LogP contribution in [0.3, 0.4) is 0 Å². The Labute approximate surface area is 112 Å². The van der Waals surface area contributed by atoms with Gasteiger partial charge in [0.25, 0.3) is 0 Å². The molecule has 1 unspecified atom stereocenters. The van der Waals surface area contributed by atoms with Crippen molar-refractivity contribution >= 4 is 0 Å². The fourth-order valence-electron chi connectivity index (χ4n) is 2.62. The number of ether oxygens (including phenoxy) is 1. The number of benzene rings is 1. The van der Waals surface area contributed by atoms with E-state index in [0.717, 1.165) is 36.7 Å². The van der Waals surface area contributed by atoms with E-state index in [1.54, 1.807) is 7.11 Å². The SMILES string of the molecule is COc1cccc(Cc2ncc3n2CCC(O)C3)c1. The zero-order valence-electron chi connectivity index (χ0n) is 11.0. The van der Waals surface area contributed by atoms with E-state index in [-0.39, 0.29) is 6.10 Å². The van der Waals surface area contributed by atoms with Gasteiger partial charge in [0, 0.05) is 31.3 Å². The molecular formula is C15H18N2O2. The van der Waals surface area contributed by atoms with Crippen LogP contribution in [0.4, 0.5) is 0 Å². The van der Waals surface area contributed by atoms with Gasteiger partial charge in [0.1, 0.15) is 11.6 Å². The first kappa shape index (κ1) is 12.2. The summed E-state index contributed by atoms with van der Waals surface area (Å²) >= 11 is 0. The lowest BCUT2D eigenvalue weighted by atomic mass is 10.1. The van der Waals surface area contributed by atoms with Gasteiger partial charge in [-0.15, -0.1) is 0 Å². The molecule has 0 amide bonds. The summed E-state index contributed by atoms with van der Waals surface area (Å²) in [4.78, 5) is 4.49. The maximum absolute atomic E-state index is 9.67. The lowest BCUT2D eigenvalue weighted by molar-refractivity contribution is 0.143. The number of nitrogens with zero attached hydrogens (tertiary/aromatic N) is 2. The van der Waals surface area contributed by atoms with Crippen LogP contribution in [0.5, 0.6) is 5.75 Å². The number of imidazole rings is 1. The summed E-state index contributed by atoms with van der Waals surface area (Å²) in [6, 6.07) is 8.07. The summed E-state index contributed by atoms with van der Waals surface area (Å²) in [6.07, 6.45) is 4.00. The molecule has 19 heavy (non-hydrogen) atoms. The molecule has 0 saturated heterocycles. The van der Waals surface area contributed by atoms with E-state index in [2.05, 4.69) is 15.6 Å². The van der Waals surface area contributed by atoms with Crippen LogP contribution in [0.25, 0.3) is 0 Å². The first-order chi connectivity index (χ1) is 9.26. The second-order valence-electron chi connectivity index (χ2n) is 4.99. The molecule has 2 aromatic rings. The number of fused-ring (bicyclic) bond motifs is 1. The number of hydrogen-bond donors (Lipinski definition) is 1.